The van der Waals surface area contributed by atoms with Gasteiger partial charge in [-0.25, -0.2) is 0 Å². The van der Waals surface area contributed by atoms with E-state index in [0.29, 0.717) is 6.54 Å². The van der Waals surface area contributed by atoms with Crippen LogP contribution in [0.4, 0.5) is 17.1 Å². The number of anilines is 3. The van der Waals surface area contributed by atoms with Crippen molar-refractivity contribution in [1.82, 2.24) is 0 Å². The van der Waals surface area contributed by atoms with E-state index in [-0.39, 0.29) is 18.2 Å². The SMILES string of the molecule is O=C(CC(=O)N1CCc2ccccc21)Nc1ccc(N2CCCCC2)cc1. The monoisotopic (exact) mass is 363 g/mol. The lowest BCUT2D eigenvalue weighted by molar-refractivity contribution is -0.125. The van der Waals surface area contributed by atoms with Crippen LogP contribution in [-0.4, -0.2) is 31.4 Å². The number of amides is 2. The Bertz CT molecular complexity index is 826. The third-order valence-electron chi connectivity index (χ3n) is 5.37. The summed E-state index contributed by atoms with van der Waals surface area (Å²) in [7, 11) is 0. The summed E-state index contributed by atoms with van der Waals surface area (Å²) in [4.78, 5) is 28.9. The lowest BCUT2D eigenvalue weighted by Gasteiger charge is -2.28. The smallest absolute Gasteiger partial charge is 0.236 e. The average molecular weight is 363 g/mol. The minimum Gasteiger partial charge on any atom is -0.372 e. The molecule has 2 amide bonds. The second kappa shape index (κ2) is 7.82. The highest BCUT2D eigenvalue weighted by atomic mass is 16.2. The van der Waals surface area contributed by atoms with E-state index in [0.717, 1.165) is 30.9 Å². The van der Waals surface area contributed by atoms with Gasteiger partial charge in [-0.15, -0.1) is 0 Å². The van der Waals surface area contributed by atoms with Crippen molar-refractivity contribution in [3.8, 4) is 0 Å². The lowest BCUT2D eigenvalue weighted by atomic mass is 10.1. The minimum atomic E-state index is -0.268. The summed E-state index contributed by atoms with van der Waals surface area (Å²) >= 11 is 0. The molecule has 140 valence electrons. The summed E-state index contributed by atoms with van der Waals surface area (Å²) in [6, 6.07) is 15.8. The van der Waals surface area contributed by atoms with Crippen molar-refractivity contribution in [1.29, 1.82) is 0 Å². The minimum absolute atomic E-state index is 0.137. The first-order valence-corrected chi connectivity index (χ1v) is 9.74. The molecule has 1 N–H and O–H groups in total. The maximum atomic E-state index is 12.5. The molecule has 2 aromatic rings. The van der Waals surface area contributed by atoms with Crippen LogP contribution in [0.25, 0.3) is 0 Å². The quantitative estimate of drug-likeness (QED) is 0.845. The highest BCUT2D eigenvalue weighted by molar-refractivity contribution is 6.09. The van der Waals surface area contributed by atoms with Gasteiger partial charge in [-0.2, -0.15) is 0 Å². The molecule has 0 spiro atoms. The molecule has 4 rings (SSSR count). The molecule has 0 radical (unpaired) electrons. The number of benzene rings is 2. The maximum absolute atomic E-state index is 12.5. The van der Waals surface area contributed by atoms with E-state index < -0.39 is 0 Å². The molecule has 1 fully saturated rings. The standard InChI is InChI=1S/C22H25N3O2/c26-21(16-22(27)25-15-12-17-6-2-3-7-20(17)25)23-18-8-10-19(11-9-18)24-13-4-1-5-14-24/h2-3,6-11H,1,4-5,12-16H2,(H,23,26). The number of piperidine rings is 1. The first-order valence-electron chi connectivity index (χ1n) is 9.74. The summed E-state index contributed by atoms with van der Waals surface area (Å²) in [5.74, 6) is -0.419. The van der Waals surface area contributed by atoms with Crippen LogP contribution in [0.2, 0.25) is 0 Å². The Morgan fingerprint density at radius 2 is 1.63 bits per heavy atom. The second-order valence-electron chi connectivity index (χ2n) is 7.24. The van der Waals surface area contributed by atoms with Crippen molar-refractivity contribution in [3.63, 3.8) is 0 Å². The molecule has 5 heteroatoms. The van der Waals surface area contributed by atoms with Crippen LogP contribution in [0.3, 0.4) is 0 Å². The van der Waals surface area contributed by atoms with Gasteiger partial charge in [-0.1, -0.05) is 18.2 Å². The summed E-state index contributed by atoms with van der Waals surface area (Å²) in [6.07, 6.45) is 4.49. The van der Waals surface area contributed by atoms with Crippen molar-refractivity contribution in [2.45, 2.75) is 32.1 Å². The maximum Gasteiger partial charge on any atom is 0.236 e. The van der Waals surface area contributed by atoms with E-state index in [9.17, 15) is 9.59 Å². The van der Waals surface area contributed by atoms with Gasteiger partial charge < -0.3 is 15.1 Å². The summed E-state index contributed by atoms with van der Waals surface area (Å²) < 4.78 is 0. The fourth-order valence-electron chi connectivity index (χ4n) is 3.94. The fraction of sp³-hybridized carbons (Fsp3) is 0.364. The predicted molar refractivity (Wildman–Crippen MR) is 108 cm³/mol. The number of carbonyl (C=O) groups excluding carboxylic acids is 2. The van der Waals surface area contributed by atoms with Gasteiger partial charge in [-0.3, -0.25) is 9.59 Å². The number of rotatable bonds is 4. The Labute approximate surface area is 160 Å². The second-order valence-corrected chi connectivity index (χ2v) is 7.24. The van der Waals surface area contributed by atoms with Gasteiger partial charge in [0.1, 0.15) is 6.42 Å². The average Bonchev–Trinajstić information content (AvgIpc) is 3.13. The largest absolute Gasteiger partial charge is 0.372 e. The molecule has 0 saturated carbocycles. The molecule has 2 aromatic carbocycles. The molecule has 0 aliphatic carbocycles. The normalized spacial score (nSPS) is 16.1. The Morgan fingerprint density at radius 3 is 2.41 bits per heavy atom. The molecule has 0 aromatic heterocycles. The number of fused-ring (bicyclic) bond motifs is 1. The molecule has 1 saturated heterocycles. The van der Waals surface area contributed by atoms with E-state index in [4.69, 9.17) is 0 Å². The highest BCUT2D eigenvalue weighted by Gasteiger charge is 2.25. The van der Waals surface area contributed by atoms with E-state index in [2.05, 4.69) is 10.2 Å². The zero-order valence-corrected chi connectivity index (χ0v) is 15.5. The number of nitrogens with one attached hydrogen (secondary N) is 1. The van der Waals surface area contributed by atoms with Crippen molar-refractivity contribution < 1.29 is 9.59 Å². The number of hydrogen-bond donors (Lipinski definition) is 1. The zero-order valence-electron chi connectivity index (χ0n) is 15.5. The molecule has 0 bridgehead atoms. The van der Waals surface area contributed by atoms with Gasteiger partial charge in [0.15, 0.2) is 0 Å². The van der Waals surface area contributed by atoms with Gasteiger partial charge in [0, 0.05) is 36.7 Å². The van der Waals surface area contributed by atoms with Gasteiger partial charge in [0.05, 0.1) is 0 Å². The van der Waals surface area contributed by atoms with Crippen LogP contribution in [0.5, 0.6) is 0 Å². The molecule has 5 nitrogen and oxygen atoms in total. The van der Waals surface area contributed by atoms with Crippen LogP contribution >= 0.6 is 0 Å². The van der Waals surface area contributed by atoms with Crippen molar-refractivity contribution in [2.24, 2.45) is 0 Å². The van der Waals surface area contributed by atoms with Gasteiger partial charge >= 0.3 is 0 Å². The van der Waals surface area contributed by atoms with Crippen LogP contribution < -0.4 is 15.1 Å². The van der Waals surface area contributed by atoms with Crippen molar-refractivity contribution >= 4 is 28.9 Å². The molecule has 2 heterocycles. The summed E-state index contributed by atoms with van der Waals surface area (Å²) in [6.45, 7) is 2.84. The Kier molecular flexibility index (Phi) is 5.10. The number of nitrogens with zero attached hydrogens (tertiary/aromatic N) is 2. The van der Waals surface area contributed by atoms with Crippen LogP contribution in [0, 0.1) is 0 Å². The van der Waals surface area contributed by atoms with E-state index in [1.165, 1.54) is 30.5 Å². The Morgan fingerprint density at radius 1 is 0.889 bits per heavy atom. The Hall–Kier alpha value is -2.82. The zero-order chi connectivity index (χ0) is 18.6. The lowest BCUT2D eigenvalue weighted by Crippen LogP contribution is -2.32. The van der Waals surface area contributed by atoms with Crippen molar-refractivity contribution in [2.75, 3.05) is 34.8 Å². The van der Waals surface area contributed by atoms with Crippen molar-refractivity contribution in [3.05, 3.63) is 54.1 Å². The molecular formula is C22H25N3O2. The van der Waals surface area contributed by atoms with Crippen LogP contribution in [0.1, 0.15) is 31.2 Å². The first-order chi connectivity index (χ1) is 13.2. The summed E-state index contributed by atoms with van der Waals surface area (Å²) in [5.41, 5.74) is 4.02. The van der Waals surface area contributed by atoms with E-state index in [1.54, 1.807) is 4.90 Å². The topological polar surface area (TPSA) is 52.7 Å². The molecule has 0 unspecified atom stereocenters. The third kappa shape index (κ3) is 3.97. The first kappa shape index (κ1) is 17.6. The molecule has 2 aliphatic heterocycles. The molecule has 2 aliphatic rings. The van der Waals surface area contributed by atoms with E-state index in [1.807, 2.05) is 48.5 Å². The Balaban J connectivity index is 1.33. The number of para-hydroxylation sites is 1. The predicted octanol–water partition coefficient (Wildman–Crippen LogP) is 3.59. The molecular weight excluding hydrogens is 338 g/mol. The fourth-order valence-corrected chi connectivity index (χ4v) is 3.94. The number of carbonyl (C=O) groups is 2. The third-order valence-corrected chi connectivity index (χ3v) is 5.37. The van der Waals surface area contributed by atoms with Gasteiger partial charge in [-0.05, 0) is 61.6 Å². The van der Waals surface area contributed by atoms with E-state index >= 15 is 0 Å². The summed E-state index contributed by atoms with van der Waals surface area (Å²) in [5, 5.41) is 2.85. The number of hydrogen-bond acceptors (Lipinski definition) is 3. The van der Waals surface area contributed by atoms with Crippen LogP contribution in [0.15, 0.2) is 48.5 Å². The van der Waals surface area contributed by atoms with Crippen LogP contribution in [-0.2, 0) is 16.0 Å². The molecule has 27 heavy (non-hydrogen) atoms. The highest BCUT2D eigenvalue weighted by Crippen LogP contribution is 2.28. The van der Waals surface area contributed by atoms with Gasteiger partial charge in [0.2, 0.25) is 11.8 Å². The molecule has 0 atom stereocenters. The van der Waals surface area contributed by atoms with Gasteiger partial charge in [0.25, 0.3) is 0 Å².